The van der Waals surface area contributed by atoms with Crippen LogP contribution in [0.1, 0.15) is 54.9 Å². The van der Waals surface area contributed by atoms with E-state index in [-0.39, 0.29) is 24.6 Å². The SMILES string of the molecule is CCC1=C2[C@@H](CC/C(=C/c3ccc(O)cc3Cl)c3ccccc3)OB(O)C[C@@H]2[C@@H]2C(=O)N(c3cc(C(F)(F)F)cc(C(F)(F)F)c3)C(=O)[C@@H]2C1. The van der Waals surface area contributed by atoms with Crippen LogP contribution in [-0.4, -0.2) is 35.2 Å². The van der Waals surface area contributed by atoms with E-state index in [4.69, 9.17) is 16.3 Å². The van der Waals surface area contributed by atoms with Crippen molar-refractivity contribution < 1.29 is 50.7 Å². The quantitative estimate of drug-likeness (QED) is 0.0839. The fourth-order valence-corrected chi connectivity index (χ4v) is 7.71. The van der Waals surface area contributed by atoms with Crippen LogP contribution in [0.4, 0.5) is 32.0 Å². The molecule has 2 amide bonds. The molecule has 0 unspecified atom stereocenters. The maximum Gasteiger partial charge on any atom is 0.455 e. The number of phenols is 1. The normalized spacial score (nSPS) is 23.0. The van der Waals surface area contributed by atoms with Gasteiger partial charge in [-0.05, 0) is 103 Å². The van der Waals surface area contributed by atoms with Crippen LogP contribution in [0.15, 0.2) is 77.9 Å². The summed E-state index contributed by atoms with van der Waals surface area (Å²) >= 11 is 6.41. The van der Waals surface area contributed by atoms with Gasteiger partial charge in [0.05, 0.1) is 39.8 Å². The van der Waals surface area contributed by atoms with E-state index in [1.807, 2.05) is 43.3 Å². The molecule has 2 N–H and O–H groups in total. The molecule has 4 atom stereocenters. The van der Waals surface area contributed by atoms with Gasteiger partial charge in [-0.2, -0.15) is 26.3 Å². The number of aromatic hydroxyl groups is 1. The number of benzene rings is 3. The Morgan fingerprint density at radius 2 is 1.62 bits per heavy atom. The smallest absolute Gasteiger partial charge is 0.455 e. The molecular formula is C36H31BClF6NO5. The van der Waals surface area contributed by atoms with Crippen molar-refractivity contribution in [2.45, 2.75) is 57.4 Å². The lowest BCUT2D eigenvalue weighted by Gasteiger charge is -2.43. The maximum atomic E-state index is 14.0. The molecule has 0 aromatic heterocycles. The fourth-order valence-electron chi connectivity index (χ4n) is 7.48. The Balaban J connectivity index is 1.34. The number of halogens is 7. The number of carbonyl (C=O) groups is 2. The lowest BCUT2D eigenvalue weighted by molar-refractivity contribution is -0.143. The number of nitrogens with zero attached hydrogens (tertiary/aromatic N) is 1. The molecule has 14 heteroatoms. The first kappa shape index (κ1) is 35.8. The highest BCUT2D eigenvalue weighted by atomic mass is 35.5. The molecule has 6 rings (SSSR count). The molecule has 2 aliphatic heterocycles. The highest BCUT2D eigenvalue weighted by Gasteiger charge is 2.58. The molecule has 50 heavy (non-hydrogen) atoms. The van der Waals surface area contributed by atoms with E-state index < -0.39 is 72.0 Å². The molecule has 1 aliphatic carbocycles. The highest BCUT2D eigenvalue weighted by Crippen LogP contribution is 2.52. The summed E-state index contributed by atoms with van der Waals surface area (Å²) < 4.78 is 88.2. The summed E-state index contributed by atoms with van der Waals surface area (Å²) in [5.74, 6) is -4.66. The minimum atomic E-state index is -5.17. The fraction of sp³-hybridized carbons (Fsp3) is 0.333. The van der Waals surface area contributed by atoms with Gasteiger partial charge >= 0.3 is 19.5 Å². The first-order chi connectivity index (χ1) is 23.6. The minimum Gasteiger partial charge on any atom is -0.508 e. The van der Waals surface area contributed by atoms with Gasteiger partial charge in [0.2, 0.25) is 11.8 Å². The van der Waals surface area contributed by atoms with E-state index in [2.05, 4.69) is 0 Å². The van der Waals surface area contributed by atoms with Crippen molar-refractivity contribution in [3.05, 3.63) is 105 Å². The number of fused-ring (bicyclic) bond motifs is 3. The van der Waals surface area contributed by atoms with Gasteiger partial charge in [-0.1, -0.05) is 54.4 Å². The number of amides is 2. The Hall–Kier alpha value is -4.07. The molecule has 6 nitrogen and oxygen atoms in total. The Morgan fingerprint density at radius 1 is 0.960 bits per heavy atom. The standard InChI is InChI=1S/C36H31BClF6NO5/c1-2-19-13-27-32(34(48)45(33(27)47)25-15-23(35(39,40)41)14-24(16-25)36(42,43)44)28-18-37(49)50-30(31(19)28)11-9-21(20-6-4-3-5-7-20)12-22-8-10-26(46)17-29(22)38/h3-8,10,12,14-17,27-28,30,32,46,49H,2,9,11,13,18H2,1H3/b21-12-/t27-,28+,30-,32-/m1/s1. The zero-order valence-corrected chi connectivity index (χ0v) is 27.3. The van der Waals surface area contributed by atoms with E-state index in [0.29, 0.717) is 46.9 Å². The Labute approximate surface area is 289 Å². The maximum absolute atomic E-state index is 14.0. The van der Waals surface area contributed by atoms with Crippen molar-refractivity contribution in [2.75, 3.05) is 4.90 Å². The van der Waals surface area contributed by atoms with Gasteiger partial charge in [0.1, 0.15) is 5.75 Å². The molecule has 2 saturated heterocycles. The van der Waals surface area contributed by atoms with Crippen molar-refractivity contribution >= 4 is 47.9 Å². The van der Waals surface area contributed by atoms with Crippen LogP contribution in [0.25, 0.3) is 11.6 Å². The summed E-state index contributed by atoms with van der Waals surface area (Å²) in [6, 6.07) is 14.8. The summed E-state index contributed by atoms with van der Waals surface area (Å²) in [6.07, 6.45) is -8.00. The second kappa shape index (κ2) is 13.6. The van der Waals surface area contributed by atoms with E-state index in [1.54, 1.807) is 6.07 Å². The van der Waals surface area contributed by atoms with Crippen LogP contribution in [0.2, 0.25) is 11.3 Å². The summed E-state index contributed by atoms with van der Waals surface area (Å²) in [7, 11) is -1.34. The average Bonchev–Trinajstić information content (AvgIpc) is 3.31. The first-order valence-corrected chi connectivity index (χ1v) is 16.4. The Bertz CT molecular complexity index is 1850. The largest absolute Gasteiger partial charge is 0.508 e. The van der Waals surface area contributed by atoms with Crippen molar-refractivity contribution in [2.24, 2.45) is 17.8 Å². The number of imide groups is 1. The van der Waals surface area contributed by atoms with Gasteiger partial charge in [0.25, 0.3) is 0 Å². The molecule has 2 heterocycles. The second-order valence-corrected chi connectivity index (χ2v) is 13.1. The van der Waals surface area contributed by atoms with Crippen molar-refractivity contribution in [3.8, 4) is 5.75 Å². The van der Waals surface area contributed by atoms with Gasteiger partial charge in [0.15, 0.2) is 0 Å². The van der Waals surface area contributed by atoms with Crippen molar-refractivity contribution in [1.82, 2.24) is 0 Å². The zero-order valence-electron chi connectivity index (χ0n) is 26.6. The molecule has 0 radical (unpaired) electrons. The van der Waals surface area contributed by atoms with Crippen LogP contribution in [0.3, 0.4) is 0 Å². The van der Waals surface area contributed by atoms with Crippen molar-refractivity contribution in [3.63, 3.8) is 0 Å². The molecule has 262 valence electrons. The number of allylic oxidation sites excluding steroid dienone is 2. The average molecular weight is 718 g/mol. The summed E-state index contributed by atoms with van der Waals surface area (Å²) in [5.41, 5.74) is -0.172. The van der Waals surface area contributed by atoms with E-state index >= 15 is 0 Å². The molecule has 0 bridgehead atoms. The monoisotopic (exact) mass is 717 g/mol. The highest BCUT2D eigenvalue weighted by molar-refractivity contribution is 6.43. The predicted octanol–water partition coefficient (Wildman–Crippen LogP) is 8.82. The third-order valence-electron chi connectivity index (χ3n) is 9.70. The first-order valence-electron chi connectivity index (χ1n) is 16.0. The summed E-state index contributed by atoms with van der Waals surface area (Å²) in [5, 5.41) is 21.1. The van der Waals surface area contributed by atoms with E-state index in [1.165, 1.54) is 12.1 Å². The third-order valence-corrected chi connectivity index (χ3v) is 10.0. The third kappa shape index (κ3) is 6.95. The molecule has 0 spiro atoms. The molecular weight excluding hydrogens is 687 g/mol. The van der Waals surface area contributed by atoms with Gasteiger partial charge < -0.3 is 14.8 Å². The van der Waals surface area contributed by atoms with Crippen LogP contribution in [-0.2, 0) is 26.6 Å². The van der Waals surface area contributed by atoms with Crippen LogP contribution < -0.4 is 4.90 Å². The molecule has 2 fully saturated rings. The number of phenolic OH excluding ortho intramolecular Hbond substituents is 1. The van der Waals surface area contributed by atoms with Gasteiger partial charge in [-0.25, -0.2) is 4.90 Å². The number of carbonyl (C=O) groups excluding carboxylic acids is 2. The lowest BCUT2D eigenvalue weighted by atomic mass is 9.58. The number of hydrogen-bond donors (Lipinski definition) is 2. The van der Waals surface area contributed by atoms with Crippen LogP contribution in [0.5, 0.6) is 5.75 Å². The van der Waals surface area contributed by atoms with E-state index in [9.17, 15) is 46.1 Å². The van der Waals surface area contributed by atoms with Gasteiger partial charge in [0, 0.05) is 0 Å². The lowest BCUT2D eigenvalue weighted by Crippen LogP contribution is -2.46. The zero-order chi connectivity index (χ0) is 36.1. The summed E-state index contributed by atoms with van der Waals surface area (Å²) in [4.78, 5) is 28.2. The molecule has 3 aliphatic rings. The topological polar surface area (TPSA) is 87.1 Å². The molecule has 0 saturated carbocycles. The number of rotatable bonds is 7. The minimum absolute atomic E-state index is 0.00559. The van der Waals surface area contributed by atoms with Crippen LogP contribution in [0, 0.1) is 17.8 Å². The number of hydrogen-bond acceptors (Lipinski definition) is 5. The Morgan fingerprint density at radius 3 is 2.22 bits per heavy atom. The van der Waals surface area contributed by atoms with Gasteiger partial charge in [-0.15, -0.1) is 0 Å². The molecule has 3 aromatic rings. The predicted molar refractivity (Wildman–Crippen MR) is 176 cm³/mol. The summed E-state index contributed by atoms with van der Waals surface area (Å²) in [6.45, 7) is 1.85. The number of anilines is 1. The van der Waals surface area contributed by atoms with Crippen molar-refractivity contribution in [1.29, 1.82) is 0 Å². The van der Waals surface area contributed by atoms with E-state index in [0.717, 1.165) is 22.3 Å². The van der Waals surface area contributed by atoms with Gasteiger partial charge in [-0.3, -0.25) is 9.59 Å². The second-order valence-electron chi connectivity index (χ2n) is 12.7. The number of alkyl halides is 6. The van der Waals surface area contributed by atoms with Crippen LogP contribution >= 0.6 is 11.6 Å². The Kier molecular flexibility index (Phi) is 9.71. The molecule has 3 aromatic carbocycles.